The van der Waals surface area contributed by atoms with Crippen LogP contribution in [0, 0.1) is 0 Å². The Labute approximate surface area is 128 Å². The maximum absolute atomic E-state index is 12.1. The summed E-state index contributed by atoms with van der Waals surface area (Å²) in [5, 5.41) is 5.02. The number of hydrogen-bond donors (Lipinski definition) is 2. The van der Waals surface area contributed by atoms with Crippen molar-refractivity contribution in [3.8, 4) is 0 Å². The van der Waals surface area contributed by atoms with Crippen LogP contribution in [-0.2, 0) is 23.0 Å². The fraction of sp³-hybridized carbons (Fsp3) is 0.462. The molecule has 0 saturated carbocycles. The minimum absolute atomic E-state index is 0.0472. The average molecular weight is 329 g/mol. The van der Waals surface area contributed by atoms with Crippen LogP contribution in [0.1, 0.15) is 24.8 Å². The van der Waals surface area contributed by atoms with Gasteiger partial charge in [-0.3, -0.25) is 0 Å². The van der Waals surface area contributed by atoms with E-state index in [2.05, 4.69) is 21.9 Å². The molecule has 0 radical (unpaired) electrons. The number of rotatable bonds is 9. The van der Waals surface area contributed by atoms with Crippen molar-refractivity contribution >= 4 is 21.4 Å². The standard InChI is InChI=1S/C13H19N3O3S2/c1-2-6-14-8-12-3-4-13(19-12)21(17,18)16-7-5-11-9-20-10-15-11/h3-4,9-10,14,16H,2,5-8H2,1H3. The molecule has 2 rings (SSSR count). The molecule has 0 aliphatic carbocycles. The molecule has 0 fully saturated rings. The summed E-state index contributed by atoms with van der Waals surface area (Å²) in [5.41, 5.74) is 2.61. The molecule has 2 heterocycles. The molecule has 2 aromatic rings. The highest BCUT2D eigenvalue weighted by Crippen LogP contribution is 2.13. The number of hydrogen-bond acceptors (Lipinski definition) is 6. The molecular formula is C13H19N3O3S2. The van der Waals surface area contributed by atoms with Crippen molar-refractivity contribution in [2.45, 2.75) is 31.4 Å². The lowest BCUT2D eigenvalue weighted by Gasteiger charge is -2.03. The van der Waals surface area contributed by atoms with Gasteiger partial charge in [0.1, 0.15) is 5.76 Å². The Kier molecular flexibility index (Phi) is 5.92. The largest absolute Gasteiger partial charge is 0.447 e. The van der Waals surface area contributed by atoms with E-state index < -0.39 is 10.0 Å². The van der Waals surface area contributed by atoms with Gasteiger partial charge in [-0.1, -0.05) is 6.92 Å². The summed E-state index contributed by atoms with van der Waals surface area (Å²) in [6.07, 6.45) is 1.58. The Bertz CT molecular complexity index is 635. The summed E-state index contributed by atoms with van der Waals surface area (Å²) < 4.78 is 32.0. The highest BCUT2D eigenvalue weighted by molar-refractivity contribution is 7.89. The number of nitrogens with one attached hydrogen (secondary N) is 2. The van der Waals surface area contributed by atoms with Gasteiger partial charge in [-0.25, -0.2) is 18.1 Å². The van der Waals surface area contributed by atoms with Crippen molar-refractivity contribution in [3.05, 3.63) is 34.5 Å². The summed E-state index contributed by atoms with van der Waals surface area (Å²) in [7, 11) is -3.59. The second kappa shape index (κ2) is 7.69. The third-order valence-electron chi connectivity index (χ3n) is 2.78. The Hall–Kier alpha value is -1.22. The molecule has 0 unspecified atom stereocenters. The predicted octanol–water partition coefficient (Wildman–Crippen LogP) is 1.76. The van der Waals surface area contributed by atoms with Gasteiger partial charge in [0.15, 0.2) is 0 Å². The van der Waals surface area contributed by atoms with E-state index in [1.807, 2.05) is 5.38 Å². The Morgan fingerprint density at radius 1 is 1.33 bits per heavy atom. The van der Waals surface area contributed by atoms with Gasteiger partial charge in [0.25, 0.3) is 10.0 Å². The Morgan fingerprint density at radius 2 is 2.19 bits per heavy atom. The lowest BCUT2D eigenvalue weighted by molar-refractivity contribution is 0.400. The molecular weight excluding hydrogens is 310 g/mol. The second-order valence-electron chi connectivity index (χ2n) is 4.53. The van der Waals surface area contributed by atoms with E-state index in [-0.39, 0.29) is 5.09 Å². The lowest BCUT2D eigenvalue weighted by atomic mass is 10.3. The van der Waals surface area contributed by atoms with Crippen LogP contribution in [0.3, 0.4) is 0 Å². The first-order valence-electron chi connectivity index (χ1n) is 6.78. The van der Waals surface area contributed by atoms with Crippen LogP contribution in [0.4, 0.5) is 0 Å². The van der Waals surface area contributed by atoms with Gasteiger partial charge < -0.3 is 9.73 Å². The van der Waals surface area contributed by atoms with Crippen LogP contribution in [0.25, 0.3) is 0 Å². The molecule has 21 heavy (non-hydrogen) atoms. The minimum Gasteiger partial charge on any atom is -0.447 e. The fourth-order valence-electron chi connectivity index (χ4n) is 1.73. The number of nitrogens with zero attached hydrogens (tertiary/aromatic N) is 1. The predicted molar refractivity (Wildman–Crippen MR) is 81.7 cm³/mol. The number of sulfonamides is 1. The van der Waals surface area contributed by atoms with Crippen LogP contribution in [-0.4, -0.2) is 26.5 Å². The molecule has 6 nitrogen and oxygen atoms in total. The molecule has 0 aliphatic rings. The van der Waals surface area contributed by atoms with E-state index in [0.29, 0.717) is 25.3 Å². The normalized spacial score (nSPS) is 11.9. The third-order valence-corrected chi connectivity index (χ3v) is 4.75. The molecule has 116 valence electrons. The fourth-order valence-corrected chi connectivity index (χ4v) is 3.30. The highest BCUT2D eigenvalue weighted by Gasteiger charge is 2.18. The van der Waals surface area contributed by atoms with E-state index in [4.69, 9.17) is 4.42 Å². The van der Waals surface area contributed by atoms with Crippen LogP contribution >= 0.6 is 11.3 Å². The van der Waals surface area contributed by atoms with Gasteiger partial charge in [0, 0.05) is 18.3 Å². The molecule has 0 bridgehead atoms. The van der Waals surface area contributed by atoms with E-state index in [9.17, 15) is 8.42 Å². The summed E-state index contributed by atoms with van der Waals surface area (Å²) in [6.45, 7) is 3.77. The molecule has 8 heteroatoms. The second-order valence-corrected chi connectivity index (χ2v) is 6.94. The smallest absolute Gasteiger partial charge is 0.273 e. The number of aromatic nitrogens is 1. The molecule has 0 saturated heterocycles. The van der Waals surface area contributed by atoms with E-state index in [1.165, 1.54) is 17.4 Å². The summed E-state index contributed by atoms with van der Waals surface area (Å²) in [5.74, 6) is 0.614. The van der Waals surface area contributed by atoms with Crippen LogP contribution in [0.2, 0.25) is 0 Å². The van der Waals surface area contributed by atoms with E-state index in [0.717, 1.165) is 18.7 Å². The quantitative estimate of drug-likeness (QED) is 0.685. The number of thiazole rings is 1. The molecule has 0 spiro atoms. The van der Waals surface area contributed by atoms with Gasteiger partial charge in [-0.05, 0) is 25.1 Å². The topological polar surface area (TPSA) is 84.2 Å². The first kappa shape index (κ1) is 16.2. The van der Waals surface area contributed by atoms with Crippen molar-refractivity contribution in [2.75, 3.05) is 13.1 Å². The molecule has 0 atom stereocenters. The first-order valence-corrected chi connectivity index (χ1v) is 9.20. The van der Waals surface area contributed by atoms with Gasteiger partial charge in [0.05, 0.1) is 17.7 Å². The van der Waals surface area contributed by atoms with Gasteiger partial charge in [0.2, 0.25) is 5.09 Å². The van der Waals surface area contributed by atoms with Crippen LogP contribution in [0.5, 0.6) is 0 Å². The molecule has 0 aromatic carbocycles. The van der Waals surface area contributed by atoms with Crippen molar-refractivity contribution < 1.29 is 12.8 Å². The van der Waals surface area contributed by atoms with Crippen LogP contribution < -0.4 is 10.0 Å². The zero-order chi connectivity index (χ0) is 15.1. The summed E-state index contributed by atoms with van der Waals surface area (Å²) in [6, 6.07) is 3.16. The molecule has 0 amide bonds. The monoisotopic (exact) mass is 329 g/mol. The lowest BCUT2D eigenvalue weighted by Crippen LogP contribution is -2.25. The maximum atomic E-state index is 12.1. The minimum atomic E-state index is -3.59. The van der Waals surface area contributed by atoms with Crippen molar-refractivity contribution in [1.29, 1.82) is 0 Å². The summed E-state index contributed by atoms with van der Waals surface area (Å²) in [4.78, 5) is 4.11. The van der Waals surface area contributed by atoms with Crippen LogP contribution in [0.15, 0.2) is 32.5 Å². The Morgan fingerprint density at radius 3 is 2.90 bits per heavy atom. The summed E-state index contributed by atoms with van der Waals surface area (Å²) >= 11 is 1.49. The van der Waals surface area contributed by atoms with E-state index >= 15 is 0 Å². The van der Waals surface area contributed by atoms with E-state index in [1.54, 1.807) is 11.6 Å². The van der Waals surface area contributed by atoms with Gasteiger partial charge >= 0.3 is 0 Å². The zero-order valence-electron chi connectivity index (χ0n) is 11.8. The van der Waals surface area contributed by atoms with Gasteiger partial charge in [-0.15, -0.1) is 11.3 Å². The van der Waals surface area contributed by atoms with Gasteiger partial charge in [-0.2, -0.15) is 0 Å². The third kappa shape index (κ3) is 4.92. The van der Waals surface area contributed by atoms with Crippen molar-refractivity contribution in [2.24, 2.45) is 0 Å². The average Bonchev–Trinajstić information content (AvgIpc) is 3.10. The zero-order valence-corrected chi connectivity index (χ0v) is 13.5. The SMILES string of the molecule is CCCNCc1ccc(S(=O)(=O)NCCc2cscn2)o1. The molecule has 0 aliphatic heterocycles. The maximum Gasteiger partial charge on any atom is 0.273 e. The number of furan rings is 1. The van der Waals surface area contributed by atoms with Crippen molar-refractivity contribution in [3.63, 3.8) is 0 Å². The molecule has 2 N–H and O–H groups in total. The molecule has 2 aromatic heterocycles. The first-order chi connectivity index (χ1) is 10.1. The highest BCUT2D eigenvalue weighted by atomic mass is 32.2. The van der Waals surface area contributed by atoms with Crippen molar-refractivity contribution in [1.82, 2.24) is 15.0 Å². The Balaban J connectivity index is 1.86.